The van der Waals surface area contributed by atoms with Crippen LogP contribution in [-0.2, 0) is 0 Å². The Morgan fingerprint density at radius 1 is 1.10 bits per heavy atom. The van der Waals surface area contributed by atoms with Crippen LogP contribution in [0.15, 0.2) is 65.1 Å². The average molecular weight is 295 g/mol. The lowest BCUT2D eigenvalue weighted by molar-refractivity contribution is 0.475. The average Bonchev–Trinajstić information content (AvgIpc) is 2.97. The Morgan fingerprint density at radius 2 is 1.95 bits per heavy atom. The van der Waals surface area contributed by atoms with Crippen LogP contribution in [0.5, 0.6) is 5.75 Å². The monoisotopic (exact) mass is 295 g/mol. The molecule has 0 saturated heterocycles. The Balaban J connectivity index is 1.68. The zero-order valence-electron chi connectivity index (χ0n) is 11.1. The number of nitrogens with one attached hydrogen (secondary N) is 1. The van der Waals surface area contributed by atoms with E-state index in [9.17, 15) is 5.11 Å². The van der Waals surface area contributed by atoms with E-state index in [2.05, 4.69) is 15.5 Å². The fourth-order valence-electron chi connectivity index (χ4n) is 1.83. The number of aromatic hydroxyl groups is 1. The van der Waals surface area contributed by atoms with E-state index in [0.29, 0.717) is 0 Å². The van der Waals surface area contributed by atoms with E-state index in [4.69, 9.17) is 0 Å². The molecule has 0 aliphatic carbocycles. The maximum Gasteiger partial charge on any atom is 0.203 e. The Morgan fingerprint density at radius 3 is 2.76 bits per heavy atom. The normalized spacial score (nSPS) is 10.9. The molecule has 21 heavy (non-hydrogen) atoms. The van der Waals surface area contributed by atoms with Crippen LogP contribution in [-0.4, -0.2) is 16.3 Å². The van der Waals surface area contributed by atoms with Crippen molar-refractivity contribution in [3.8, 4) is 17.0 Å². The van der Waals surface area contributed by atoms with E-state index in [0.717, 1.165) is 22.0 Å². The maximum atomic E-state index is 9.37. The Labute approximate surface area is 126 Å². The summed E-state index contributed by atoms with van der Waals surface area (Å²) in [6, 6.07) is 16.9. The van der Waals surface area contributed by atoms with Crippen molar-refractivity contribution in [3.05, 3.63) is 65.5 Å². The standard InChI is InChI=1S/C16H13N3OS/c20-14-8-4-5-12(9-14)10-17-19-16-18-15(11-21-16)13-6-2-1-3-7-13/h1-11,20H,(H,18,19)/b17-10+. The van der Waals surface area contributed by atoms with Crippen molar-refractivity contribution < 1.29 is 5.11 Å². The third-order valence-electron chi connectivity index (χ3n) is 2.82. The highest BCUT2D eigenvalue weighted by atomic mass is 32.1. The number of phenolic OH excluding ortho intramolecular Hbond substituents is 1. The number of hydrogen-bond acceptors (Lipinski definition) is 5. The zero-order chi connectivity index (χ0) is 14.5. The van der Waals surface area contributed by atoms with Gasteiger partial charge in [-0.3, -0.25) is 5.43 Å². The quantitative estimate of drug-likeness (QED) is 0.566. The second kappa shape index (κ2) is 6.19. The third kappa shape index (κ3) is 3.46. The van der Waals surface area contributed by atoms with Crippen molar-refractivity contribution in [1.29, 1.82) is 0 Å². The van der Waals surface area contributed by atoms with Gasteiger partial charge in [-0.15, -0.1) is 11.3 Å². The van der Waals surface area contributed by atoms with Gasteiger partial charge >= 0.3 is 0 Å². The summed E-state index contributed by atoms with van der Waals surface area (Å²) < 4.78 is 0. The van der Waals surface area contributed by atoms with Gasteiger partial charge in [0.1, 0.15) is 5.75 Å². The highest BCUT2D eigenvalue weighted by molar-refractivity contribution is 7.14. The van der Waals surface area contributed by atoms with Gasteiger partial charge in [0, 0.05) is 10.9 Å². The SMILES string of the molecule is Oc1cccc(/C=N/Nc2nc(-c3ccccc3)cs2)c1. The summed E-state index contributed by atoms with van der Waals surface area (Å²) in [5.74, 6) is 0.222. The number of nitrogens with zero attached hydrogens (tertiary/aromatic N) is 2. The van der Waals surface area contributed by atoms with Crippen LogP contribution in [0.4, 0.5) is 5.13 Å². The van der Waals surface area contributed by atoms with Crippen LogP contribution in [0.25, 0.3) is 11.3 Å². The summed E-state index contributed by atoms with van der Waals surface area (Å²) in [5.41, 5.74) is 5.73. The molecule has 0 unspecified atom stereocenters. The molecule has 3 rings (SSSR count). The highest BCUT2D eigenvalue weighted by Crippen LogP contribution is 2.24. The van der Waals surface area contributed by atoms with E-state index in [1.165, 1.54) is 11.3 Å². The van der Waals surface area contributed by atoms with Crippen LogP contribution in [0.3, 0.4) is 0 Å². The van der Waals surface area contributed by atoms with E-state index in [1.807, 2.05) is 41.8 Å². The molecular weight excluding hydrogens is 282 g/mol. The van der Waals surface area contributed by atoms with Crippen molar-refractivity contribution in [3.63, 3.8) is 0 Å². The molecule has 0 spiro atoms. The fourth-order valence-corrected chi connectivity index (χ4v) is 2.50. The minimum absolute atomic E-state index is 0.222. The molecule has 0 bridgehead atoms. The van der Waals surface area contributed by atoms with Crippen LogP contribution in [0, 0.1) is 0 Å². The predicted molar refractivity (Wildman–Crippen MR) is 86.9 cm³/mol. The van der Waals surface area contributed by atoms with Crippen molar-refractivity contribution in [1.82, 2.24) is 4.98 Å². The van der Waals surface area contributed by atoms with Gasteiger partial charge in [-0.05, 0) is 17.7 Å². The molecular formula is C16H13N3OS. The van der Waals surface area contributed by atoms with Crippen molar-refractivity contribution in [2.75, 3.05) is 5.43 Å². The number of aromatic nitrogens is 1. The lowest BCUT2D eigenvalue weighted by atomic mass is 10.2. The van der Waals surface area contributed by atoms with Gasteiger partial charge < -0.3 is 5.11 Å². The zero-order valence-corrected chi connectivity index (χ0v) is 11.9. The second-order valence-electron chi connectivity index (χ2n) is 4.37. The summed E-state index contributed by atoms with van der Waals surface area (Å²) in [6.45, 7) is 0. The minimum atomic E-state index is 0.222. The molecule has 0 fully saturated rings. The first kappa shape index (κ1) is 13.3. The molecule has 0 radical (unpaired) electrons. The summed E-state index contributed by atoms with van der Waals surface area (Å²) >= 11 is 1.50. The van der Waals surface area contributed by atoms with E-state index in [-0.39, 0.29) is 5.75 Å². The minimum Gasteiger partial charge on any atom is -0.508 e. The molecule has 2 aromatic carbocycles. The first-order valence-electron chi connectivity index (χ1n) is 6.40. The summed E-state index contributed by atoms with van der Waals surface area (Å²) in [5, 5.41) is 16.2. The molecule has 4 nitrogen and oxygen atoms in total. The number of anilines is 1. The van der Waals surface area contributed by atoms with Gasteiger partial charge in [-0.2, -0.15) is 5.10 Å². The number of hydrazone groups is 1. The molecule has 0 aliphatic rings. The molecule has 1 heterocycles. The molecule has 1 aromatic heterocycles. The smallest absolute Gasteiger partial charge is 0.203 e. The van der Waals surface area contributed by atoms with Gasteiger partial charge in [0.2, 0.25) is 5.13 Å². The Bertz CT molecular complexity index is 753. The molecule has 0 saturated carbocycles. The first-order chi connectivity index (χ1) is 10.3. The lowest BCUT2D eigenvalue weighted by Crippen LogP contribution is -1.90. The summed E-state index contributed by atoms with van der Waals surface area (Å²) in [7, 11) is 0. The third-order valence-corrected chi connectivity index (χ3v) is 3.56. The topological polar surface area (TPSA) is 57.5 Å². The summed E-state index contributed by atoms with van der Waals surface area (Å²) in [4.78, 5) is 4.47. The first-order valence-corrected chi connectivity index (χ1v) is 7.28. The molecule has 104 valence electrons. The largest absolute Gasteiger partial charge is 0.508 e. The molecule has 3 aromatic rings. The van der Waals surface area contributed by atoms with Crippen LogP contribution in [0.2, 0.25) is 0 Å². The van der Waals surface area contributed by atoms with Crippen LogP contribution in [0.1, 0.15) is 5.56 Å². The van der Waals surface area contributed by atoms with E-state index in [1.54, 1.807) is 24.4 Å². The number of hydrogen-bond donors (Lipinski definition) is 2. The predicted octanol–water partition coefficient (Wildman–Crippen LogP) is 3.96. The van der Waals surface area contributed by atoms with Crippen LogP contribution < -0.4 is 5.43 Å². The van der Waals surface area contributed by atoms with E-state index >= 15 is 0 Å². The van der Waals surface area contributed by atoms with E-state index < -0.39 is 0 Å². The van der Waals surface area contributed by atoms with Gasteiger partial charge in [0.25, 0.3) is 0 Å². The lowest BCUT2D eigenvalue weighted by Gasteiger charge is -1.96. The van der Waals surface area contributed by atoms with Crippen molar-refractivity contribution in [2.45, 2.75) is 0 Å². The molecule has 5 heteroatoms. The Kier molecular flexibility index (Phi) is 3.93. The van der Waals surface area contributed by atoms with Crippen LogP contribution >= 0.6 is 11.3 Å². The van der Waals surface area contributed by atoms with Gasteiger partial charge in [0.05, 0.1) is 11.9 Å². The van der Waals surface area contributed by atoms with Gasteiger partial charge in [-0.1, -0.05) is 42.5 Å². The second-order valence-corrected chi connectivity index (χ2v) is 5.23. The van der Waals surface area contributed by atoms with Crippen molar-refractivity contribution in [2.24, 2.45) is 5.10 Å². The number of phenols is 1. The highest BCUT2D eigenvalue weighted by Gasteiger charge is 2.02. The number of rotatable bonds is 4. The number of benzene rings is 2. The fraction of sp³-hybridized carbons (Fsp3) is 0. The molecule has 0 atom stereocenters. The number of thiazole rings is 1. The molecule has 0 amide bonds. The molecule has 2 N–H and O–H groups in total. The van der Waals surface area contributed by atoms with Gasteiger partial charge in [0.15, 0.2) is 0 Å². The molecule has 0 aliphatic heterocycles. The van der Waals surface area contributed by atoms with Gasteiger partial charge in [-0.25, -0.2) is 4.98 Å². The summed E-state index contributed by atoms with van der Waals surface area (Å²) in [6.07, 6.45) is 1.64. The Hall–Kier alpha value is -2.66. The van der Waals surface area contributed by atoms with Crippen molar-refractivity contribution >= 4 is 22.7 Å². The maximum absolute atomic E-state index is 9.37.